The van der Waals surface area contributed by atoms with Crippen molar-refractivity contribution in [2.45, 2.75) is 64.1 Å². The molecule has 4 heteroatoms. The van der Waals surface area contributed by atoms with Crippen molar-refractivity contribution in [3.63, 3.8) is 0 Å². The highest BCUT2D eigenvalue weighted by molar-refractivity contribution is 7.80. The summed E-state index contributed by atoms with van der Waals surface area (Å²) in [6.07, 6.45) is 7.74. The van der Waals surface area contributed by atoms with E-state index < -0.39 is 0 Å². The fraction of sp³-hybridized carbons (Fsp3) is 0.650. The predicted molar refractivity (Wildman–Crippen MR) is 104 cm³/mol. The van der Waals surface area contributed by atoms with E-state index in [1.54, 1.807) is 4.90 Å². The molecule has 3 rings (SSSR count). The van der Waals surface area contributed by atoms with Crippen LogP contribution in [0.15, 0.2) is 30.3 Å². The van der Waals surface area contributed by atoms with Crippen LogP contribution in [0, 0.1) is 5.92 Å². The predicted octanol–water partition coefficient (Wildman–Crippen LogP) is 2.28. The molecule has 3 N–H and O–H groups in total. The minimum atomic E-state index is 0.545. The molecule has 3 nitrogen and oxygen atoms in total. The molecule has 0 radical (unpaired) electrons. The minimum Gasteiger partial charge on any atom is -0.360 e. The Morgan fingerprint density at radius 3 is 2.46 bits per heavy atom. The van der Waals surface area contributed by atoms with E-state index in [2.05, 4.69) is 47.9 Å². The van der Waals surface area contributed by atoms with E-state index in [0.717, 1.165) is 17.6 Å². The van der Waals surface area contributed by atoms with Gasteiger partial charge in [0.2, 0.25) is 0 Å². The zero-order valence-electron chi connectivity index (χ0n) is 14.9. The van der Waals surface area contributed by atoms with Gasteiger partial charge >= 0.3 is 0 Å². The molecule has 0 bridgehead atoms. The quantitative estimate of drug-likeness (QED) is 0.731. The molecule has 1 aliphatic heterocycles. The van der Waals surface area contributed by atoms with E-state index in [-0.39, 0.29) is 0 Å². The van der Waals surface area contributed by atoms with E-state index in [9.17, 15) is 0 Å². The first-order valence-electron chi connectivity index (χ1n) is 9.65. The van der Waals surface area contributed by atoms with Crippen LogP contribution in [0.5, 0.6) is 0 Å². The van der Waals surface area contributed by atoms with Crippen LogP contribution in [0.1, 0.15) is 51.0 Å². The number of nitrogens with one attached hydrogen (secondary N) is 3. The van der Waals surface area contributed by atoms with Gasteiger partial charge in [0, 0.05) is 30.5 Å². The molecule has 1 saturated heterocycles. The SMILES string of the molecule is C[C@H]1CCCC[C@H]1NC(=S)NC1CC[NH+](Cc2ccccc2)CC1. The third-order valence-electron chi connectivity index (χ3n) is 5.75. The third kappa shape index (κ3) is 5.18. The molecule has 1 heterocycles. The lowest BCUT2D eigenvalue weighted by Gasteiger charge is -2.33. The molecule has 2 atom stereocenters. The van der Waals surface area contributed by atoms with Gasteiger partial charge in [-0.1, -0.05) is 50.1 Å². The zero-order chi connectivity index (χ0) is 16.8. The van der Waals surface area contributed by atoms with Gasteiger partial charge in [-0.2, -0.15) is 0 Å². The Morgan fingerprint density at radius 1 is 1.04 bits per heavy atom. The molecule has 24 heavy (non-hydrogen) atoms. The van der Waals surface area contributed by atoms with Crippen molar-refractivity contribution in [2.24, 2.45) is 5.92 Å². The fourth-order valence-electron chi connectivity index (χ4n) is 4.16. The average molecular weight is 347 g/mol. The maximum atomic E-state index is 5.57. The highest BCUT2D eigenvalue weighted by Gasteiger charge is 2.25. The zero-order valence-corrected chi connectivity index (χ0v) is 15.7. The molecule has 0 amide bonds. The number of hydrogen-bond acceptors (Lipinski definition) is 1. The molecule has 2 aliphatic rings. The van der Waals surface area contributed by atoms with Crippen molar-refractivity contribution >= 4 is 17.3 Å². The standard InChI is InChI=1S/C20H31N3S/c1-16-7-5-6-10-19(16)22-20(24)21-18-11-13-23(14-12-18)15-17-8-3-2-4-9-17/h2-4,8-9,16,18-19H,5-7,10-15H2,1H3,(H2,21,22,24)/p+1/t16-,19+/m0/s1. The normalized spacial score (nSPS) is 30.5. The van der Waals surface area contributed by atoms with Crippen molar-refractivity contribution in [2.75, 3.05) is 13.1 Å². The van der Waals surface area contributed by atoms with Crippen LogP contribution in [0.2, 0.25) is 0 Å². The molecule has 1 aliphatic carbocycles. The Hall–Kier alpha value is -1.13. The lowest BCUT2D eigenvalue weighted by atomic mass is 9.86. The van der Waals surface area contributed by atoms with Gasteiger partial charge in [-0.05, 0) is 31.0 Å². The van der Waals surface area contributed by atoms with Crippen LogP contribution in [0.25, 0.3) is 0 Å². The van der Waals surface area contributed by atoms with E-state index in [1.807, 2.05) is 0 Å². The first-order valence-corrected chi connectivity index (χ1v) is 10.1. The molecule has 0 spiro atoms. The Balaban J connectivity index is 1.38. The van der Waals surface area contributed by atoms with Gasteiger partial charge in [-0.15, -0.1) is 0 Å². The highest BCUT2D eigenvalue weighted by atomic mass is 32.1. The second-order valence-electron chi connectivity index (χ2n) is 7.67. The molecule has 132 valence electrons. The number of hydrogen-bond donors (Lipinski definition) is 3. The van der Waals surface area contributed by atoms with Crippen molar-refractivity contribution in [3.05, 3.63) is 35.9 Å². The van der Waals surface area contributed by atoms with Gasteiger partial charge in [-0.25, -0.2) is 0 Å². The second kappa shape index (κ2) is 8.82. The molecular weight excluding hydrogens is 314 g/mol. The Labute approximate surface area is 152 Å². The van der Waals surface area contributed by atoms with Crippen molar-refractivity contribution in [1.29, 1.82) is 0 Å². The van der Waals surface area contributed by atoms with Crippen molar-refractivity contribution in [1.82, 2.24) is 10.6 Å². The maximum absolute atomic E-state index is 5.57. The van der Waals surface area contributed by atoms with Crippen molar-refractivity contribution in [3.8, 4) is 0 Å². The first-order chi connectivity index (χ1) is 11.7. The lowest BCUT2D eigenvalue weighted by Crippen LogP contribution is -3.12. The van der Waals surface area contributed by atoms with Crippen LogP contribution < -0.4 is 15.5 Å². The summed E-state index contributed by atoms with van der Waals surface area (Å²) in [5.41, 5.74) is 1.45. The number of quaternary nitrogens is 1. The van der Waals surface area contributed by atoms with E-state index in [1.165, 1.54) is 57.2 Å². The summed E-state index contributed by atoms with van der Waals surface area (Å²) < 4.78 is 0. The number of rotatable bonds is 4. The third-order valence-corrected chi connectivity index (χ3v) is 5.99. The first kappa shape index (κ1) is 17.7. The molecule has 1 saturated carbocycles. The second-order valence-corrected chi connectivity index (χ2v) is 8.08. The number of likely N-dealkylation sites (tertiary alicyclic amines) is 1. The summed E-state index contributed by atoms with van der Waals surface area (Å²) in [4.78, 5) is 1.69. The number of thiocarbonyl (C=S) groups is 1. The highest BCUT2D eigenvalue weighted by Crippen LogP contribution is 2.23. The summed E-state index contributed by atoms with van der Waals surface area (Å²) in [7, 11) is 0. The van der Waals surface area contributed by atoms with E-state index in [4.69, 9.17) is 12.2 Å². The minimum absolute atomic E-state index is 0.545. The molecule has 1 aromatic carbocycles. The molecule has 0 aromatic heterocycles. The Morgan fingerprint density at radius 2 is 1.75 bits per heavy atom. The van der Waals surface area contributed by atoms with Crippen molar-refractivity contribution < 1.29 is 4.90 Å². The fourth-order valence-corrected chi connectivity index (χ4v) is 4.48. The monoisotopic (exact) mass is 346 g/mol. The largest absolute Gasteiger partial charge is 0.360 e. The van der Waals surface area contributed by atoms with Gasteiger partial charge in [0.05, 0.1) is 13.1 Å². The molecular formula is C20H32N3S+. The number of piperidine rings is 1. The van der Waals surface area contributed by atoms with E-state index in [0.29, 0.717) is 12.1 Å². The van der Waals surface area contributed by atoms with Gasteiger partial charge in [0.1, 0.15) is 6.54 Å². The number of benzene rings is 1. The summed E-state index contributed by atoms with van der Waals surface area (Å²) >= 11 is 5.57. The summed E-state index contributed by atoms with van der Waals surface area (Å²) in [5.74, 6) is 0.746. The Bertz CT molecular complexity index is 511. The molecule has 1 aromatic rings. The average Bonchev–Trinajstić information content (AvgIpc) is 2.60. The summed E-state index contributed by atoms with van der Waals surface area (Å²) in [5, 5.41) is 8.04. The van der Waals surface area contributed by atoms with Crippen LogP contribution in [0.3, 0.4) is 0 Å². The van der Waals surface area contributed by atoms with E-state index >= 15 is 0 Å². The van der Waals surface area contributed by atoms with Crippen LogP contribution in [0.4, 0.5) is 0 Å². The lowest BCUT2D eigenvalue weighted by molar-refractivity contribution is -0.918. The van der Waals surface area contributed by atoms with Crippen LogP contribution in [-0.4, -0.2) is 30.3 Å². The molecule has 0 unspecified atom stereocenters. The van der Waals surface area contributed by atoms with Gasteiger partial charge < -0.3 is 15.5 Å². The summed E-state index contributed by atoms with van der Waals surface area (Å²) in [6.45, 7) is 5.96. The topological polar surface area (TPSA) is 28.5 Å². The van der Waals surface area contributed by atoms with Gasteiger partial charge in [0.15, 0.2) is 5.11 Å². The van der Waals surface area contributed by atoms with Crippen LogP contribution >= 0.6 is 12.2 Å². The molecule has 2 fully saturated rings. The summed E-state index contributed by atoms with van der Waals surface area (Å²) in [6, 6.07) is 12.0. The maximum Gasteiger partial charge on any atom is 0.166 e. The van der Waals surface area contributed by atoms with Crippen LogP contribution in [-0.2, 0) is 6.54 Å². The smallest absolute Gasteiger partial charge is 0.166 e. The Kier molecular flexibility index (Phi) is 6.50. The van der Waals surface area contributed by atoms with Gasteiger partial charge in [0.25, 0.3) is 0 Å². The van der Waals surface area contributed by atoms with Gasteiger partial charge in [-0.3, -0.25) is 0 Å².